The molecule has 9 N–H and O–H groups in total. The Balaban J connectivity index is -0.000000137. The van der Waals surface area contributed by atoms with Crippen LogP contribution in [0, 0.1) is 0 Å². The predicted octanol–water partition coefficient (Wildman–Crippen LogP) is -2.05. The third-order valence-electron chi connectivity index (χ3n) is 1.87. The zero-order chi connectivity index (χ0) is 23.4. The quantitative estimate of drug-likeness (QED) is 0.206. The second-order valence-electron chi connectivity index (χ2n) is 5.38. The van der Waals surface area contributed by atoms with Crippen LogP contribution >= 0.6 is 0 Å². The average Bonchev–Trinajstić information content (AvgIpc) is 2.43. The summed E-state index contributed by atoms with van der Waals surface area (Å²) in [6.07, 6.45) is -4.30. The van der Waals surface area contributed by atoms with E-state index in [-0.39, 0.29) is 19.3 Å². The van der Waals surface area contributed by atoms with Crippen LogP contribution in [0.15, 0.2) is 0 Å². The van der Waals surface area contributed by atoms with Gasteiger partial charge in [-0.3, -0.25) is 14.4 Å². The molecule has 28 heavy (non-hydrogen) atoms. The zero-order valence-corrected chi connectivity index (χ0v) is 15.8. The molecule has 0 bridgehead atoms. The van der Waals surface area contributed by atoms with Gasteiger partial charge in [0.15, 0.2) is 6.10 Å². The van der Waals surface area contributed by atoms with Gasteiger partial charge in [0.1, 0.15) is 0 Å². The van der Waals surface area contributed by atoms with E-state index in [4.69, 9.17) is 46.0 Å². The molecule has 0 fully saturated rings. The fraction of sp³-hybridized carbons (Fsp3) is 0.733. The average molecular weight is 418 g/mol. The van der Waals surface area contributed by atoms with E-state index in [1.54, 1.807) is 0 Å². The van der Waals surface area contributed by atoms with Crippen molar-refractivity contribution >= 4 is 23.9 Å². The van der Waals surface area contributed by atoms with Crippen LogP contribution in [0.4, 0.5) is 0 Å². The lowest BCUT2D eigenvalue weighted by Gasteiger charge is -1.95. The molecular weight excluding hydrogens is 388 g/mol. The molecule has 0 heterocycles. The van der Waals surface area contributed by atoms with Crippen LogP contribution in [-0.4, -0.2) is 101 Å². The van der Waals surface area contributed by atoms with Crippen LogP contribution in [0.5, 0.6) is 0 Å². The van der Waals surface area contributed by atoms with Crippen molar-refractivity contribution in [2.24, 2.45) is 0 Å². The highest BCUT2D eigenvalue weighted by molar-refractivity contribution is 5.71. The highest BCUT2D eigenvalue weighted by Crippen LogP contribution is 1.87. The van der Waals surface area contributed by atoms with E-state index in [0.29, 0.717) is 0 Å². The number of aliphatic hydroxyl groups excluding tert-OH is 5. The summed E-state index contributed by atoms with van der Waals surface area (Å²) in [7, 11) is 0. The van der Waals surface area contributed by atoms with Gasteiger partial charge in [0.05, 0.1) is 44.2 Å². The highest BCUT2D eigenvalue weighted by atomic mass is 16.4. The van der Waals surface area contributed by atoms with Crippen LogP contribution < -0.4 is 0 Å². The first-order valence-corrected chi connectivity index (χ1v) is 7.77. The van der Waals surface area contributed by atoms with Gasteiger partial charge in [-0.1, -0.05) is 0 Å². The topological polar surface area (TPSA) is 250 Å². The summed E-state index contributed by atoms with van der Waals surface area (Å²) in [6, 6.07) is 0. The lowest BCUT2D eigenvalue weighted by Crippen LogP contribution is -2.22. The Morgan fingerprint density at radius 3 is 0.821 bits per heavy atom. The van der Waals surface area contributed by atoms with Crippen LogP contribution in [0.3, 0.4) is 0 Å². The third-order valence-corrected chi connectivity index (χ3v) is 1.87. The number of carboxylic acid groups (broad SMARTS) is 4. The van der Waals surface area contributed by atoms with E-state index < -0.39 is 54.9 Å². The Morgan fingerprint density at radius 1 is 0.607 bits per heavy atom. The molecule has 0 aromatic heterocycles. The van der Waals surface area contributed by atoms with Crippen molar-refractivity contribution in [2.45, 2.75) is 64.4 Å². The van der Waals surface area contributed by atoms with Gasteiger partial charge in [-0.15, -0.1) is 0 Å². The van der Waals surface area contributed by atoms with E-state index in [1.165, 1.54) is 20.8 Å². The van der Waals surface area contributed by atoms with Gasteiger partial charge in [-0.25, -0.2) is 4.79 Å². The monoisotopic (exact) mass is 418 g/mol. The maximum absolute atomic E-state index is 9.65. The fourth-order valence-corrected chi connectivity index (χ4v) is 0.836. The maximum Gasteiger partial charge on any atom is 0.334 e. The number of carboxylic acids is 4. The molecule has 0 aliphatic carbocycles. The smallest absolute Gasteiger partial charge is 0.334 e. The summed E-state index contributed by atoms with van der Waals surface area (Å²) in [4.78, 5) is 38.5. The Kier molecular flexibility index (Phi) is 24.9. The second-order valence-corrected chi connectivity index (χ2v) is 5.38. The number of rotatable bonds is 8. The molecule has 0 aliphatic rings. The summed E-state index contributed by atoms with van der Waals surface area (Å²) in [5.74, 6) is -4.29. The number of aliphatic carboxylic acids is 4. The van der Waals surface area contributed by atoms with Crippen molar-refractivity contribution in [1.29, 1.82) is 0 Å². The van der Waals surface area contributed by atoms with Crippen molar-refractivity contribution in [3.05, 3.63) is 0 Å². The van der Waals surface area contributed by atoms with Gasteiger partial charge in [0.25, 0.3) is 0 Å². The second kappa shape index (κ2) is 21.0. The van der Waals surface area contributed by atoms with E-state index in [2.05, 4.69) is 0 Å². The molecule has 0 aliphatic heterocycles. The Bertz CT molecular complexity index is 384. The van der Waals surface area contributed by atoms with Gasteiger partial charge in [0.2, 0.25) is 0 Å². The first-order valence-electron chi connectivity index (χ1n) is 7.77. The van der Waals surface area contributed by atoms with E-state index in [1.807, 2.05) is 0 Å². The van der Waals surface area contributed by atoms with Gasteiger partial charge < -0.3 is 46.0 Å². The molecule has 0 saturated heterocycles. The van der Waals surface area contributed by atoms with Gasteiger partial charge in [-0.05, 0) is 20.8 Å². The Morgan fingerprint density at radius 2 is 0.821 bits per heavy atom. The maximum atomic E-state index is 9.65. The SMILES string of the molecule is CC(O)CC(=O)O.CC(O)CC(=O)O.CC(O)CC(=O)O.O=C(O)C(O)CO. The number of aliphatic hydroxyl groups is 5. The van der Waals surface area contributed by atoms with Gasteiger partial charge in [0, 0.05) is 0 Å². The molecule has 0 amide bonds. The molecule has 4 atom stereocenters. The molecule has 0 radical (unpaired) electrons. The Hall–Kier alpha value is -2.32. The van der Waals surface area contributed by atoms with Crippen molar-refractivity contribution < 1.29 is 65.1 Å². The minimum atomic E-state index is -1.63. The minimum Gasteiger partial charge on any atom is -0.481 e. The summed E-state index contributed by atoms with van der Waals surface area (Å²) >= 11 is 0. The third kappa shape index (κ3) is 49.5. The molecule has 13 heteroatoms. The first kappa shape index (κ1) is 33.3. The molecular formula is C15H30O13. The van der Waals surface area contributed by atoms with E-state index >= 15 is 0 Å². The Labute approximate surface area is 161 Å². The molecule has 0 spiro atoms. The largest absolute Gasteiger partial charge is 0.481 e. The van der Waals surface area contributed by atoms with Crippen molar-refractivity contribution in [2.75, 3.05) is 6.61 Å². The van der Waals surface area contributed by atoms with Crippen LogP contribution in [0.2, 0.25) is 0 Å². The van der Waals surface area contributed by atoms with E-state index in [9.17, 15) is 19.2 Å². The molecule has 13 nitrogen and oxygen atoms in total. The van der Waals surface area contributed by atoms with Gasteiger partial charge >= 0.3 is 23.9 Å². The van der Waals surface area contributed by atoms with Crippen molar-refractivity contribution in [3.63, 3.8) is 0 Å². The lowest BCUT2D eigenvalue weighted by atomic mass is 10.3. The minimum absolute atomic E-state index is 0.167. The van der Waals surface area contributed by atoms with Crippen LogP contribution in [0.25, 0.3) is 0 Å². The molecule has 0 saturated carbocycles. The summed E-state index contributed by atoms with van der Waals surface area (Å²) < 4.78 is 0. The lowest BCUT2D eigenvalue weighted by molar-refractivity contribution is -0.148. The standard InChI is InChI=1S/3C4H8O3.C3H6O4/c3*1-3(5)2-4(6)7;4-1-2(5)3(6)7/h3*3,5H,2H2,1H3,(H,6,7);2,4-5H,1H2,(H,6,7). The molecule has 0 rings (SSSR count). The fourth-order valence-electron chi connectivity index (χ4n) is 0.836. The van der Waals surface area contributed by atoms with Gasteiger partial charge in [-0.2, -0.15) is 0 Å². The molecule has 0 aromatic rings. The number of hydrogen-bond acceptors (Lipinski definition) is 9. The number of hydrogen-bond donors (Lipinski definition) is 9. The molecule has 4 unspecified atom stereocenters. The summed E-state index contributed by atoms with van der Waals surface area (Å²) in [5, 5.41) is 72.5. The van der Waals surface area contributed by atoms with E-state index in [0.717, 1.165) is 0 Å². The highest BCUT2D eigenvalue weighted by Gasteiger charge is 2.09. The first-order chi connectivity index (χ1) is 12.6. The number of carbonyl (C=O) groups is 4. The normalized spacial score (nSPS) is 13.4. The van der Waals surface area contributed by atoms with Crippen LogP contribution in [-0.2, 0) is 19.2 Å². The zero-order valence-electron chi connectivity index (χ0n) is 15.8. The summed E-state index contributed by atoms with van der Waals surface area (Å²) in [5.41, 5.74) is 0. The molecule has 168 valence electrons. The van der Waals surface area contributed by atoms with Crippen molar-refractivity contribution in [1.82, 2.24) is 0 Å². The predicted molar refractivity (Wildman–Crippen MR) is 92.5 cm³/mol. The summed E-state index contributed by atoms with van der Waals surface area (Å²) in [6.45, 7) is 3.59. The van der Waals surface area contributed by atoms with Crippen molar-refractivity contribution in [3.8, 4) is 0 Å². The molecule has 0 aromatic carbocycles. The van der Waals surface area contributed by atoms with Crippen LogP contribution in [0.1, 0.15) is 40.0 Å².